The van der Waals surface area contributed by atoms with Crippen LogP contribution in [0.25, 0.3) is 5.76 Å². The highest BCUT2D eigenvalue weighted by Gasteiger charge is 2.67. The SMILES string of the molecule is C=CCOc1ccc(C(O)=C2C(=O)C(=O)N(C[C@@H]3CCCO3)[C@@]23C(=O)N(C)c2ccccc23)cc1C. The van der Waals surface area contributed by atoms with Gasteiger partial charge in [-0.25, -0.2) is 0 Å². The zero-order chi connectivity index (χ0) is 25.6. The number of anilines is 1. The average molecular weight is 489 g/mol. The van der Waals surface area contributed by atoms with E-state index >= 15 is 0 Å². The zero-order valence-corrected chi connectivity index (χ0v) is 20.3. The smallest absolute Gasteiger partial charge is 0.296 e. The van der Waals surface area contributed by atoms with Crippen LogP contribution in [-0.2, 0) is 24.7 Å². The highest BCUT2D eigenvalue weighted by molar-refractivity contribution is 6.50. The van der Waals surface area contributed by atoms with E-state index in [0.717, 1.165) is 18.4 Å². The van der Waals surface area contributed by atoms with Crippen LogP contribution < -0.4 is 9.64 Å². The molecule has 3 aliphatic rings. The van der Waals surface area contributed by atoms with E-state index < -0.39 is 28.9 Å². The van der Waals surface area contributed by atoms with Gasteiger partial charge >= 0.3 is 0 Å². The minimum atomic E-state index is -1.78. The number of amides is 2. The van der Waals surface area contributed by atoms with E-state index in [4.69, 9.17) is 9.47 Å². The third kappa shape index (κ3) is 3.36. The largest absolute Gasteiger partial charge is 0.507 e. The molecule has 0 bridgehead atoms. The van der Waals surface area contributed by atoms with Gasteiger partial charge in [-0.15, -0.1) is 0 Å². The maximum atomic E-state index is 14.0. The van der Waals surface area contributed by atoms with Crippen LogP contribution in [0.1, 0.15) is 29.5 Å². The number of ether oxygens (including phenoxy) is 2. The van der Waals surface area contributed by atoms with Crippen LogP contribution >= 0.6 is 0 Å². The Kier molecular flexibility index (Phi) is 5.92. The van der Waals surface area contributed by atoms with E-state index in [-0.39, 0.29) is 18.2 Å². The van der Waals surface area contributed by atoms with Gasteiger partial charge in [-0.2, -0.15) is 0 Å². The summed E-state index contributed by atoms with van der Waals surface area (Å²) >= 11 is 0. The van der Waals surface area contributed by atoms with Crippen LogP contribution in [0, 0.1) is 6.92 Å². The van der Waals surface area contributed by atoms with Gasteiger partial charge in [0.2, 0.25) is 0 Å². The number of aliphatic hydroxyl groups is 1. The molecule has 3 heterocycles. The molecule has 8 heteroatoms. The van der Waals surface area contributed by atoms with Crippen LogP contribution in [0.5, 0.6) is 5.75 Å². The lowest BCUT2D eigenvalue weighted by atomic mass is 9.81. The Hall–Kier alpha value is -3.91. The van der Waals surface area contributed by atoms with Crippen LogP contribution in [0.3, 0.4) is 0 Å². The van der Waals surface area contributed by atoms with Crippen molar-refractivity contribution in [2.24, 2.45) is 0 Å². The van der Waals surface area contributed by atoms with Crippen molar-refractivity contribution in [1.29, 1.82) is 0 Å². The summed E-state index contributed by atoms with van der Waals surface area (Å²) in [7, 11) is 1.61. The monoisotopic (exact) mass is 488 g/mol. The van der Waals surface area contributed by atoms with Crippen molar-refractivity contribution in [3.8, 4) is 5.75 Å². The van der Waals surface area contributed by atoms with Gasteiger partial charge in [0.1, 0.15) is 18.1 Å². The Bertz CT molecular complexity index is 1310. The Balaban J connectivity index is 1.72. The Morgan fingerprint density at radius 3 is 2.72 bits per heavy atom. The number of nitrogens with zero attached hydrogens (tertiary/aromatic N) is 2. The normalized spacial score (nSPS) is 24.6. The highest BCUT2D eigenvalue weighted by atomic mass is 16.5. The predicted octanol–water partition coefficient (Wildman–Crippen LogP) is 3.29. The topological polar surface area (TPSA) is 96.4 Å². The number of benzene rings is 2. The summed E-state index contributed by atoms with van der Waals surface area (Å²) in [4.78, 5) is 43.8. The number of para-hydroxylation sites is 1. The van der Waals surface area contributed by atoms with Gasteiger partial charge in [0.25, 0.3) is 17.6 Å². The Morgan fingerprint density at radius 2 is 2.03 bits per heavy atom. The minimum absolute atomic E-state index is 0.0721. The summed E-state index contributed by atoms with van der Waals surface area (Å²) < 4.78 is 11.4. The molecule has 0 saturated carbocycles. The van der Waals surface area contributed by atoms with E-state index in [1.165, 1.54) is 9.80 Å². The number of carbonyl (C=O) groups excluding carboxylic acids is 3. The molecule has 0 aliphatic carbocycles. The van der Waals surface area contributed by atoms with E-state index in [2.05, 4.69) is 6.58 Å². The average Bonchev–Trinajstić information content (AvgIpc) is 3.53. The second kappa shape index (κ2) is 8.95. The zero-order valence-electron chi connectivity index (χ0n) is 20.3. The standard InChI is InChI=1S/C28H28N2O6/c1-4-13-36-22-12-11-18(15-17(22)2)24(31)23-25(32)26(33)30(16-19-8-7-14-35-19)28(23)20-9-5-6-10-21(20)29(3)27(28)34/h4-6,9-12,15,19,31H,1,7-8,13-14,16H2,2-3H3/t19-,28+/m0/s1. The first kappa shape index (κ1) is 23.8. The van der Waals surface area contributed by atoms with E-state index in [9.17, 15) is 19.5 Å². The molecule has 2 fully saturated rings. The molecule has 0 radical (unpaired) electrons. The van der Waals surface area contributed by atoms with Crippen LogP contribution in [0.15, 0.2) is 60.7 Å². The van der Waals surface area contributed by atoms with Crippen molar-refractivity contribution in [3.63, 3.8) is 0 Å². The first-order valence-electron chi connectivity index (χ1n) is 12.0. The quantitative estimate of drug-likeness (QED) is 0.290. The summed E-state index contributed by atoms with van der Waals surface area (Å²) in [5.74, 6) is -1.99. The molecule has 3 aliphatic heterocycles. The molecule has 2 aromatic carbocycles. The number of fused-ring (bicyclic) bond motifs is 2. The van der Waals surface area contributed by atoms with Crippen molar-refractivity contribution in [1.82, 2.24) is 4.90 Å². The summed E-state index contributed by atoms with van der Waals surface area (Å²) in [6.45, 7) is 6.41. The van der Waals surface area contributed by atoms with E-state index in [1.807, 2.05) is 6.92 Å². The fraction of sp³-hybridized carbons (Fsp3) is 0.321. The predicted molar refractivity (Wildman–Crippen MR) is 134 cm³/mol. The molecule has 5 rings (SSSR count). The number of aryl methyl sites for hydroxylation is 1. The van der Waals surface area contributed by atoms with Crippen molar-refractivity contribution in [2.45, 2.75) is 31.4 Å². The third-order valence-corrected chi connectivity index (χ3v) is 7.15. The van der Waals surface area contributed by atoms with Crippen LogP contribution in [0.4, 0.5) is 5.69 Å². The Labute approximate surface area is 209 Å². The number of likely N-dealkylation sites (N-methyl/N-ethyl adjacent to an activating group) is 1. The summed E-state index contributed by atoms with van der Waals surface area (Å²) in [6.07, 6.45) is 2.89. The van der Waals surface area contributed by atoms with Crippen molar-refractivity contribution >= 4 is 29.0 Å². The lowest BCUT2D eigenvalue weighted by Gasteiger charge is -2.35. The number of rotatable bonds is 6. The van der Waals surface area contributed by atoms with E-state index in [1.54, 1.807) is 55.6 Å². The third-order valence-electron chi connectivity index (χ3n) is 7.15. The number of aliphatic hydroxyl groups excluding tert-OH is 1. The first-order chi connectivity index (χ1) is 17.3. The Morgan fingerprint density at radius 1 is 1.25 bits per heavy atom. The maximum Gasteiger partial charge on any atom is 0.296 e. The van der Waals surface area contributed by atoms with Crippen molar-refractivity contribution in [3.05, 3.63) is 77.4 Å². The molecule has 2 amide bonds. The van der Waals surface area contributed by atoms with Gasteiger partial charge in [-0.3, -0.25) is 14.4 Å². The number of likely N-dealkylation sites (tertiary alicyclic amines) is 1. The van der Waals surface area contributed by atoms with Gasteiger partial charge in [0.05, 0.1) is 11.7 Å². The second-order valence-electron chi connectivity index (χ2n) is 9.28. The van der Waals surface area contributed by atoms with Gasteiger partial charge in [-0.05, 0) is 49.6 Å². The minimum Gasteiger partial charge on any atom is -0.507 e. The van der Waals surface area contributed by atoms with Gasteiger partial charge in [0, 0.05) is 37.0 Å². The first-order valence-corrected chi connectivity index (χ1v) is 12.0. The number of ketones is 1. The van der Waals surface area contributed by atoms with Crippen molar-refractivity contribution in [2.75, 3.05) is 31.7 Å². The lowest BCUT2D eigenvalue weighted by molar-refractivity contribution is -0.145. The number of carbonyl (C=O) groups is 3. The molecule has 2 saturated heterocycles. The number of hydrogen-bond acceptors (Lipinski definition) is 6. The molecule has 36 heavy (non-hydrogen) atoms. The molecule has 8 nitrogen and oxygen atoms in total. The van der Waals surface area contributed by atoms with Crippen LogP contribution in [0.2, 0.25) is 0 Å². The molecule has 2 atom stereocenters. The molecule has 1 N–H and O–H groups in total. The molecular weight excluding hydrogens is 460 g/mol. The molecular formula is C28H28N2O6. The van der Waals surface area contributed by atoms with Crippen molar-refractivity contribution < 1.29 is 29.0 Å². The molecule has 0 unspecified atom stereocenters. The van der Waals surface area contributed by atoms with Gasteiger partial charge in [0.15, 0.2) is 5.54 Å². The summed E-state index contributed by atoms with van der Waals surface area (Å²) in [5, 5.41) is 11.6. The highest BCUT2D eigenvalue weighted by Crippen LogP contribution is 2.53. The molecule has 186 valence electrons. The van der Waals surface area contributed by atoms with E-state index in [0.29, 0.717) is 35.8 Å². The van der Waals surface area contributed by atoms with Gasteiger partial charge in [-0.1, -0.05) is 30.9 Å². The van der Waals surface area contributed by atoms with Crippen LogP contribution in [-0.4, -0.2) is 60.5 Å². The van der Waals surface area contributed by atoms with Gasteiger partial charge < -0.3 is 24.4 Å². The maximum absolute atomic E-state index is 14.0. The lowest BCUT2D eigenvalue weighted by Crippen LogP contribution is -2.53. The summed E-state index contributed by atoms with van der Waals surface area (Å²) in [5.41, 5.74) is 0.0931. The second-order valence-corrected chi connectivity index (χ2v) is 9.28. The number of hydrogen-bond donors (Lipinski definition) is 1. The molecule has 1 spiro atoms. The fourth-order valence-corrected chi connectivity index (χ4v) is 5.47. The molecule has 2 aromatic rings. The fourth-order valence-electron chi connectivity index (χ4n) is 5.47. The summed E-state index contributed by atoms with van der Waals surface area (Å²) in [6, 6.07) is 12.0. The number of Topliss-reactive ketones (excluding diaryl/α,β-unsaturated/α-hetero) is 1. The molecule has 0 aromatic heterocycles.